The molecule has 0 aliphatic rings. The van der Waals surface area contributed by atoms with Gasteiger partial charge in [-0.15, -0.1) is 0 Å². The summed E-state index contributed by atoms with van der Waals surface area (Å²) in [7, 11) is -0.401. The molecule has 0 unspecified atom stereocenters. The predicted molar refractivity (Wildman–Crippen MR) is 35.8 cm³/mol. The third-order valence-electron chi connectivity index (χ3n) is 0.856. The fourth-order valence-electron chi connectivity index (χ4n) is 0.310. The molecule has 0 rings (SSSR count). The van der Waals surface area contributed by atoms with E-state index in [4.69, 9.17) is 0 Å². The zero-order chi connectivity index (χ0) is 7.33. The van der Waals surface area contributed by atoms with E-state index in [-0.39, 0.29) is 36.7 Å². The Kier molecular flexibility index (Phi) is 8.85. The molecule has 0 radical (unpaired) electrons. The normalized spacial score (nSPS) is 10.6. The molecule has 0 aromatic rings. The molecule has 0 amide bonds. The molecule has 6 heteroatoms. The Morgan fingerprint density at radius 1 is 1.60 bits per heavy atom. The first kappa shape index (κ1) is 13.5. The number of rotatable bonds is 4. The average Bonchev–Trinajstić information content (AvgIpc) is 1.84. The maximum Gasteiger partial charge on any atom is 1.00 e. The van der Waals surface area contributed by atoms with Gasteiger partial charge < -0.3 is 6.74 Å². The first-order valence-corrected chi connectivity index (χ1v) is 4.13. The Morgan fingerprint density at radius 3 is 2.40 bits per heavy atom. The van der Waals surface area contributed by atoms with Crippen LogP contribution in [0.1, 0.15) is 1.43 Å². The first-order valence-electron chi connectivity index (χ1n) is 2.55. The van der Waals surface area contributed by atoms with Crippen LogP contribution in [0.5, 0.6) is 0 Å². The number of hydrogen-bond donors (Lipinski definition) is 1. The van der Waals surface area contributed by atoms with Gasteiger partial charge in [0, 0.05) is 6.54 Å². The summed E-state index contributed by atoms with van der Waals surface area (Å²) in [5.74, 6) is 0.0278. The van der Waals surface area contributed by atoms with Gasteiger partial charge >= 0.3 is 29.6 Å². The molecule has 0 aromatic heterocycles. The van der Waals surface area contributed by atoms with Crippen LogP contribution in [-0.4, -0.2) is 34.9 Å². The third-order valence-corrected chi connectivity index (χ3v) is 2.07. The maximum absolute atomic E-state index is 10.5. The Morgan fingerprint density at radius 2 is 2.10 bits per heavy atom. The Labute approximate surface area is 85.2 Å². The SMILES string of the molecule is CNCCS(=O)(=O)OC.[H-].[Na+]. The standard InChI is InChI=1S/C4H11NO3S.Na.H/c1-5-3-4-9(6,7)8-2;;/h5H,3-4H2,1-2H3;;/q;+1;-1. The fourth-order valence-corrected chi connectivity index (χ4v) is 0.931. The monoisotopic (exact) mass is 177 g/mol. The molecule has 4 nitrogen and oxygen atoms in total. The summed E-state index contributed by atoms with van der Waals surface area (Å²) in [4.78, 5) is 0. The number of hydrogen-bond acceptors (Lipinski definition) is 4. The van der Waals surface area contributed by atoms with Gasteiger partial charge in [0.15, 0.2) is 0 Å². The van der Waals surface area contributed by atoms with Crippen LogP contribution in [0.2, 0.25) is 0 Å². The van der Waals surface area contributed by atoms with E-state index in [1.807, 2.05) is 0 Å². The fraction of sp³-hybridized carbons (Fsp3) is 1.00. The van der Waals surface area contributed by atoms with Gasteiger partial charge in [0.05, 0.1) is 12.9 Å². The van der Waals surface area contributed by atoms with Crippen LogP contribution in [0.3, 0.4) is 0 Å². The molecule has 1 N–H and O–H groups in total. The predicted octanol–water partition coefficient (Wildman–Crippen LogP) is -3.70. The molecule has 0 atom stereocenters. The van der Waals surface area contributed by atoms with E-state index in [2.05, 4.69) is 9.50 Å². The minimum absolute atomic E-state index is 0. The molecule has 0 spiro atoms. The molecule has 0 aromatic carbocycles. The summed E-state index contributed by atoms with van der Waals surface area (Å²) < 4.78 is 25.2. The van der Waals surface area contributed by atoms with Gasteiger partial charge in [-0.3, -0.25) is 4.18 Å². The molecule has 0 fully saturated rings. The van der Waals surface area contributed by atoms with Gasteiger partial charge in [-0.2, -0.15) is 8.42 Å². The molecule has 0 bridgehead atoms. The van der Waals surface area contributed by atoms with Gasteiger partial charge in [-0.05, 0) is 7.05 Å². The van der Waals surface area contributed by atoms with Crippen LogP contribution in [0.25, 0.3) is 0 Å². The van der Waals surface area contributed by atoms with Crippen molar-refractivity contribution >= 4 is 10.1 Å². The van der Waals surface area contributed by atoms with Crippen LogP contribution in [0.4, 0.5) is 0 Å². The third kappa shape index (κ3) is 6.98. The molecular weight excluding hydrogens is 165 g/mol. The van der Waals surface area contributed by atoms with Crippen molar-refractivity contribution in [3.05, 3.63) is 0 Å². The van der Waals surface area contributed by atoms with Gasteiger partial charge in [-0.25, -0.2) is 0 Å². The van der Waals surface area contributed by atoms with Gasteiger partial charge in [-0.1, -0.05) is 0 Å². The van der Waals surface area contributed by atoms with E-state index in [0.717, 1.165) is 7.11 Å². The van der Waals surface area contributed by atoms with Gasteiger partial charge in [0.2, 0.25) is 0 Å². The van der Waals surface area contributed by atoms with Crippen molar-refractivity contribution in [3.63, 3.8) is 0 Å². The summed E-state index contributed by atoms with van der Waals surface area (Å²) in [5, 5.41) is 2.70. The molecular formula is C4H12NNaO3S. The van der Waals surface area contributed by atoms with Crippen LogP contribution in [-0.2, 0) is 14.3 Å². The van der Waals surface area contributed by atoms with E-state index >= 15 is 0 Å². The summed E-state index contributed by atoms with van der Waals surface area (Å²) in [5.41, 5.74) is 0. The molecule has 0 aliphatic carbocycles. The zero-order valence-electron chi connectivity index (χ0n) is 7.55. The Balaban J connectivity index is -0.000000320. The second kappa shape index (κ2) is 6.57. The van der Waals surface area contributed by atoms with Crippen LogP contribution in [0.15, 0.2) is 0 Å². The molecule has 0 aliphatic heterocycles. The van der Waals surface area contributed by atoms with Crippen molar-refractivity contribution in [3.8, 4) is 0 Å². The van der Waals surface area contributed by atoms with Crippen molar-refractivity contribution in [1.29, 1.82) is 0 Å². The number of nitrogens with one attached hydrogen (secondary N) is 1. The Bertz CT molecular complexity index is 161. The van der Waals surface area contributed by atoms with E-state index in [1.54, 1.807) is 7.05 Å². The molecule has 0 saturated heterocycles. The molecule has 0 heterocycles. The van der Waals surface area contributed by atoms with Crippen LogP contribution >= 0.6 is 0 Å². The molecule has 0 saturated carbocycles. The molecule has 58 valence electrons. The largest absolute Gasteiger partial charge is 1.00 e. The van der Waals surface area contributed by atoms with Crippen LogP contribution in [0, 0.1) is 0 Å². The van der Waals surface area contributed by atoms with Crippen molar-refractivity contribution in [1.82, 2.24) is 5.32 Å². The van der Waals surface area contributed by atoms with E-state index in [0.29, 0.717) is 6.54 Å². The Hall–Kier alpha value is 0.870. The van der Waals surface area contributed by atoms with Crippen molar-refractivity contribution in [2.45, 2.75) is 0 Å². The quantitative estimate of drug-likeness (QED) is 0.355. The smallest absolute Gasteiger partial charge is 1.00 e. The van der Waals surface area contributed by atoms with E-state index in [9.17, 15) is 8.42 Å². The van der Waals surface area contributed by atoms with Crippen molar-refractivity contribution in [2.24, 2.45) is 0 Å². The topological polar surface area (TPSA) is 55.4 Å². The second-order valence-corrected chi connectivity index (χ2v) is 3.39. The first-order chi connectivity index (χ1) is 4.12. The maximum atomic E-state index is 10.5. The van der Waals surface area contributed by atoms with E-state index < -0.39 is 10.1 Å². The van der Waals surface area contributed by atoms with Crippen molar-refractivity contribution in [2.75, 3.05) is 26.5 Å². The molecule has 10 heavy (non-hydrogen) atoms. The summed E-state index contributed by atoms with van der Waals surface area (Å²) in [6.45, 7) is 0.427. The minimum atomic E-state index is -3.24. The summed E-state index contributed by atoms with van der Waals surface area (Å²) >= 11 is 0. The minimum Gasteiger partial charge on any atom is -1.00 e. The van der Waals surface area contributed by atoms with E-state index in [1.165, 1.54) is 0 Å². The van der Waals surface area contributed by atoms with Crippen molar-refractivity contribution < 1.29 is 43.6 Å². The second-order valence-electron chi connectivity index (χ2n) is 1.53. The zero-order valence-corrected chi connectivity index (χ0v) is 9.36. The van der Waals surface area contributed by atoms with Gasteiger partial charge in [0.25, 0.3) is 10.1 Å². The summed E-state index contributed by atoms with van der Waals surface area (Å²) in [6, 6.07) is 0. The average molecular weight is 177 g/mol. The summed E-state index contributed by atoms with van der Waals surface area (Å²) in [6.07, 6.45) is 0. The van der Waals surface area contributed by atoms with Crippen LogP contribution < -0.4 is 34.9 Å². The van der Waals surface area contributed by atoms with Gasteiger partial charge in [0.1, 0.15) is 0 Å².